The molecular weight excluding hydrogens is 236 g/mol. The smallest absolute Gasteiger partial charge is 0.244 e. The third-order valence-corrected chi connectivity index (χ3v) is 3.55. The largest absolute Gasteiger partial charge is 0.324 e. The SMILES string of the molecule is NC1(C(=O)Nc2ccc(Cl)cc2)CCCCC1. The third kappa shape index (κ3) is 2.99. The van der Waals surface area contributed by atoms with Gasteiger partial charge in [-0.05, 0) is 37.1 Å². The average Bonchev–Trinajstić information content (AvgIpc) is 2.33. The number of benzene rings is 1. The van der Waals surface area contributed by atoms with Crippen LogP contribution in [0, 0.1) is 0 Å². The Morgan fingerprint density at radius 1 is 1.18 bits per heavy atom. The van der Waals surface area contributed by atoms with Crippen LogP contribution in [-0.4, -0.2) is 11.4 Å². The third-order valence-electron chi connectivity index (χ3n) is 3.30. The summed E-state index contributed by atoms with van der Waals surface area (Å²) >= 11 is 5.79. The van der Waals surface area contributed by atoms with Gasteiger partial charge in [0.1, 0.15) is 0 Å². The van der Waals surface area contributed by atoms with Gasteiger partial charge in [-0.3, -0.25) is 4.79 Å². The van der Waals surface area contributed by atoms with E-state index in [4.69, 9.17) is 17.3 Å². The number of hydrogen-bond acceptors (Lipinski definition) is 2. The second kappa shape index (κ2) is 5.07. The van der Waals surface area contributed by atoms with Gasteiger partial charge in [-0.25, -0.2) is 0 Å². The Morgan fingerprint density at radius 2 is 1.76 bits per heavy atom. The normalized spacial score (nSPS) is 18.7. The summed E-state index contributed by atoms with van der Waals surface area (Å²) in [5.74, 6) is -0.0838. The van der Waals surface area contributed by atoms with Crippen LogP contribution in [0.3, 0.4) is 0 Å². The van der Waals surface area contributed by atoms with Crippen LogP contribution in [0.4, 0.5) is 5.69 Å². The van der Waals surface area contributed by atoms with Gasteiger partial charge in [0.25, 0.3) is 0 Å². The zero-order valence-corrected chi connectivity index (χ0v) is 10.5. The summed E-state index contributed by atoms with van der Waals surface area (Å²) in [6.07, 6.45) is 4.78. The Bertz CT molecular complexity index is 396. The lowest BCUT2D eigenvalue weighted by Gasteiger charge is -2.31. The van der Waals surface area contributed by atoms with Crippen LogP contribution in [-0.2, 0) is 4.79 Å². The molecule has 1 aromatic carbocycles. The van der Waals surface area contributed by atoms with E-state index in [0.717, 1.165) is 31.4 Å². The first-order valence-corrected chi connectivity index (χ1v) is 6.34. The van der Waals surface area contributed by atoms with Crippen LogP contribution in [0.1, 0.15) is 32.1 Å². The maximum atomic E-state index is 12.1. The molecule has 0 heterocycles. The van der Waals surface area contributed by atoms with Gasteiger partial charge in [-0.2, -0.15) is 0 Å². The Hall–Kier alpha value is -1.06. The van der Waals surface area contributed by atoms with Crippen LogP contribution in [0.15, 0.2) is 24.3 Å². The van der Waals surface area contributed by atoms with Crippen LogP contribution >= 0.6 is 11.6 Å². The monoisotopic (exact) mass is 252 g/mol. The fourth-order valence-corrected chi connectivity index (χ4v) is 2.32. The summed E-state index contributed by atoms with van der Waals surface area (Å²) in [5.41, 5.74) is 6.19. The summed E-state index contributed by atoms with van der Waals surface area (Å²) in [6, 6.07) is 7.07. The molecule has 2 rings (SSSR count). The number of rotatable bonds is 2. The number of nitrogens with two attached hydrogens (primary N) is 1. The van der Waals surface area contributed by atoms with Crippen molar-refractivity contribution in [1.82, 2.24) is 0 Å². The topological polar surface area (TPSA) is 55.1 Å². The molecule has 1 aliphatic rings. The minimum Gasteiger partial charge on any atom is -0.324 e. The van der Waals surface area contributed by atoms with Crippen molar-refractivity contribution < 1.29 is 4.79 Å². The summed E-state index contributed by atoms with van der Waals surface area (Å²) in [7, 11) is 0. The number of carbonyl (C=O) groups is 1. The van der Waals surface area contributed by atoms with E-state index in [1.165, 1.54) is 6.42 Å². The minimum absolute atomic E-state index is 0.0838. The maximum Gasteiger partial charge on any atom is 0.244 e. The Kier molecular flexibility index (Phi) is 3.69. The molecule has 1 fully saturated rings. The minimum atomic E-state index is -0.697. The molecule has 4 heteroatoms. The fraction of sp³-hybridized carbons (Fsp3) is 0.462. The van der Waals surface area contributed by atoms with Crippen LogP contribution in [0.2, 0.25) is 5.02 Å². The highest BCUT2D eigenvalue weighted by Crippen LogP contribution is 2.27. The predicted molar refractivity (Wildman–Crippen MR) is 70.1 cm³/mol. The predicted octanol–water partition coefficient (Wildman–Crippen LogP) is 2.94. The molecule has 92 valence electrons. The van der Waals surface area contributed by atoms with Gasteiger partial charge >= 0.3 is 0 Å². The van der Waals surface area contributed by atoms with E-state index in [1.807, 2.05) is 0 Å². The van der Waals surface area contributed by atoms with Crippen LogP contribution in [0.5, 0.6) is 0 Å². The fourth-order valence-electron chi connectivity index (χ4n) is 2.20. The molecule has 0 bridgehead atoms. The van der Waals surface area contributed by atoms with Gasteiger partial charge in [0, 0.05) is 10.7 Å². The second-order valence-electron chi connectivity index (χ2n) is 4.68. The molecule has 17 heavy (non-hydrogen) atoms. The number of amides is 1. The first-order chi connectivity index (χ1) is 8.10. The quantitative estimate of drug-likeness (QED) is 0.850. The van der Waals surface area contributed by atoms with Gasteiger partial charge in [0.15, 0.2) is 0 Å². The molecule has 3 nitrogen and oxygen atoms in total. The highest BCUT2D eigenvalue weighted by Gasteiger charge is 2.35. The highest BCUT2D eigenvalue weighted by molar-refractivity contribution is 6.30. The van der Waals surface area contributed by atoms with Crippen molar-refractivity contribution in [3.05, 3.63) is 29.3 Å². The second-order valence-corrected chi connectivity index (χ2v) is 5.11. The van der Waals surface area contributed by atoms with Crippen molar-refractivity contribution in [2.24, 2.45) is 5.73 Å². The van der Waals surface area contributed by atoms with Crippen molar-refractivity contribution in [3.63, 3.8) is 0 Å². The van der Waals surface area contributed by atoms with E-state index in [1.54, 1.807) is 24.3 Å². The van der Waals surface area contributed by atoms with Crippen LogP contribution < -0.4 is 11.1 Å². The molecule has 0 saturated heterocycles. The van der Waals surface area contributed by atoms with Gasteiger partial charge in [-0.1, -0.05) is 30.9 Å². The first-order valence-electron chi connectivity index (χ1n) is 5.96. The molecule has 0 aliphatic heterocycles. The highest BCUT2D eigenvalue weighted by atomic mass is 35.5. The molecule has 1 amide bonds. The van der Waals surface area contributed by atoms with Gasteiger partial charge in [0.2, 0.25) is 5.91 Å². The molecule has 0 aromatic heterocycles. The Morgan fingerprint density at radius 3 is 2.35 bits per heavy atom. The van der Waals surface area contributed by atoms with E-state index in [-0.39, 0.29) is 5.91 Å². The van der Waals surface area contributed by atoms with E-state index in [2.05, 4.69) is 5.32 Å². The van der Waals surface area contributed by atoms with Crippen LogP contribution in [0.25, 0.3) is 0 Å². The number of halogens is 1. The lowest BCUT2D eigenvalue weighted by molar-refractivity contribution is -0.122. The zero-order valence-electron chi connectivity index (χ0n) is 9.71. The summed E-state index contributed by atoms with van der Waals surface area (Å²) in [5, 5.41) is 3.51. The molecule has 1 aromatic rings. The van der Waals surface area contributed by atoms with Gasteiger partial charge in [0.05, 0.1) is 5.54 Å². The van der Waals surface area contributed by atoms with Crippen molar-refractivity contribution in [2.75, 3.05) is 5.32 Å². The van der Waals surface area contributed by atoms with E-state index in [0.29, 0.717) is 5.02 Å². The lowest BCUT2D eigenvalue weighted by Crippen LogP contribution is -2.52. The zero-order chi connectivity index (χ0) is 12.3. The molecule has 0 spiro atoms. The van der Waals surface area contributed by atoms with Gasteiger partial charge < -0.3 is 11.1 Å². The van der Waals surface area contributed by atoms with Gasteiger partial charge in [-0.15, -0.1) is 0 Å². The lowest BCUT2D eigenvalue weighted by atomic mass is 9.82. The summed E-state index contributed by atoms with van der Waals surface area (Å²) in [4.78, 5) is 12.1. The first kappa shape index (κ1) is 12.4. The average molecular weight is 253 g/mol. The number of hydrogen-bond donors (Lipinski definition) is 2. The summed E-state index contributed by atoms with van der Waals surface area (Å²) in [6.45, 7) is 0. The molecule has 0 atom stereocenters. The Balaban J connectivity index is 2.03. The number of anilines is 1. The van der Waals surface area contributed by atoms with E-state index < -0.39 is 5.54 Å². The van der Waals surface area contributed by atoms with E-state index in [9.17, 15) is 4.79 Å². The molecule has 1 saturated carbocycles. The number of carbonyl (C=O) groups excluding carboxylic acids is 1. The van der Waals surface area contributed by atoms with Crippen molar-refractivity contribution in [1.29, 1.82) is 0 Å². The van der Waals surface area contributed by atoms with Crippen molar-refractivity contribution in [2.45, 2.75) is 37.6 Å². The Labute approximate surface area is 106 Å². The maximum absolute atomic E-state index is 12.1. The molecule has 3 N–H and O–H groups in total. The van der Waals surface area contributed by atoms with E-state index >= 15 is 0 Å². The van der Waals surface area contributed by atoms with Crippen molar-refractivity contribution >= 4 is 23.2 Å². The molecule has 0 radical (unpaired) electrons. The molecular formula is C13H17ClN2O. The summed E-state index contributed by atoms with van der Waals surface area (Å²) < 4.78 is 0. The number of nitrogens with one attached hydrogen (secondary N) is 1. The standard InChI is InChI=1S/C13H17ClN2O/c14-10-4-6-11(7-5-10)16-12(17)13(15)8-2-1-3-9-13/h4-7H,1-3,8-9,15H2,(H,16,17). The molecule has 1 aliphatic carbocycles. The molecule has 0 unspecified atom stereocenters. The van der Waals surface area contributed by atoms with Crippen molar-refractivity contribution in [3.8, 4) is 0 Å².